The quantitative estimate of drug-likeness (QED) is 0.914. The van der Waals surface area contributed by atoms with Gasteiger partial charge < -0.3 is 5.32 Å². The van der Waals surface area contributed by atoms with E-state index in [1.165, 1.54) is 8.99 Å². The van der Waals surface area contributed by atoms with Gasteiger partial charge in [-0.3, -0.25) is 0 Å². The molecule has 3 rings (SSSR count). The van der Waals surface area contributed by atoms with Gasteiger partial charge in [0.2, 0.25) is 0 Å². The van der Waals surface area contributed by atoms with E-state index in [1.807, 2.05) is 31.2 Å². The third-order valence-electron chi connectivity index (χ3n) is 3.89. The van der Waals surface area contributed by atoms with E-state index in [0.29, 0.717) is 26.2 Å². The molecule has 1 saturated heterocycles. The average Bonchev–Trinajstić information content (AvgIpc) is 3.06. The van der Waals surface area contributed by atoms with Crippen LogP contribution in [-0.4, -0.2) is 48.7 Å². The fourth-order valence-electron chi connectivity index (χ4n) is 2.70. The third-order valence-corrected chi connectivity index (χ3v) is 5.77. The zero-order chi connectivity index (χ0) is 15.6. The van der Waals surface area contributed by atoms with Crippen LogP contribution < -0.4 is 5.32 Å². The Kier molecular flexibility index (Phi) is 4.28. The van der Waals surface area contributed by atoms with Crippen molar-refractivity contribution in [2.24, 2.45) is 0 Å². The summed E-state index contributed by atoms with van der Waals surface area (Å²) in [5.74, 6) is 0. The summed E-state index contributed by atoms with van der Waals surface area (Å²) in [5.41, 5.74) is 1.90. The Hall–Kier alpha value is -1.70. The minimum absolute atomic E-state index is 0.232. The molecule has 1 aromatic carbocycles. The molecule has 6 nitrogen and oxygen atoms in total. The Bertz CT molecular complexity index is 748. The molecule has 1 aliphatic rings. The number of piperazine rings is 1. The molecule has 22 heavy (non-hydrogen) atoms. The van der Waals surface area contributed by atoms with Crippen LogP contribution in [-0.2, 0) is 16.4 Å². The first-order valence-electron chi connectivity index (χ1n) is 7.48. The van der Waals surface area contributed by atoms with Crippen molar-refractivity contribution in [2.75, 3.05) is 26.2 Å². The molecule has 1 aliphatic heterocycles. The van der Waals surface area contributed by atoms with Gasteiger partial charge in [0.25, 0.3) is 10.0 Å². The number of nitrogens with one attached hydrogen (secondary N) is 1. The summed E-state index contributed by atoms with van der Waals surface area (Å²) in [4.78, 5) is 0. The summed E-state index contributed by atoms with van der Waals surface area (Å²) in [6.45, 7) is 4.39. The van der Waals surface area contributed by atoms with E-state index < -0.39 is 10.0 Å². The van der Waals surface area contributed by atoms with Gasteiger partial charge in [-0.25, -0.2) is 13.1 Å². The van der Waals surface area contributed by atoms with Crippen molar-refractivity contribution in [3.63, 3.8) is 0 Å². The van der Waals surface area contributed by atoms with E-state index in [0.717, 1.165) is 17.7 Å². The Morgan fingerprint density at radius 3 is 2.64 bits per heavy atom. The number of nitrogens with zero attached hydrogens (tertiary/aromatic N) is 3. The normalized spacial score (nSPS) is 16.8. The predicted octanol–water partition coefficient (Wildman–Crippen LogP) is 1.03. The van der Waals surface area contributed by atoms with E-state index in [9.17, 15) is 8.42 Å². The van der Waals surface area contributed by atoms with Crippen molar-refractivity contribution in [3.8, 4) is 5.69 Å². The van der Waals surface area contributed by atoms with E-state index in [-0.39, 0.29) is 5.03 Å². The van der Waals surface area contributed by atoms with Gasteiger partial charge in [0.15, 0.2) is 5.03 Å². The lowest BCUT2D eigenvalue weighted by molar-refractivity contribution is 0.358. The lowest BCUT2D eigenvalue weighted by Crippen LogP contribution is -2.46. The van der Waals surface area contributed by atoms with Gasteiger partial charge in [-0.1, -0.05) is 25.1 Å². The zero-order valence-electron chi connectivity index (χ0n) is 12.6. The van der Waals surface area contributed by atoms with Gasteiger partial charge in [0, 0.05) is 26.2 Å². The fraction of sp³-hybridized carbons (Fsp3) is 0.400. The molecule has 0 bridgehead atoms. The SMILES string of the molecule is CCc1ccccc1-n1nccc1S(=O)(=O)N1CCNCC1. The van der Waals surface area contributed by atoms with Gasteiger partial charge in [-0.15, -0.1) is 0 Å². The van der Waals surface area contributed by atoms with Crippen LogP contribution in [0.15, 0.2) is 41.6 Å². The van der Waals surface area contributed by atoms with Crippen molar-refractivity contribution in [2.45, 2.75) is 18.4 Å². The molecule has 0 unspecified atom stereocenters. The summed E-state index contributed by atoms with van der Waals surface area (Å²) in [6, 6.07) is 9.33. The summed E-state index contributed by atoms with van der Waals surface area (Å²) in [6.07, 6.45) is 2.37. The molecule has 0 amide bonds. The maximum absolute atomic E-state index is 12.9. The second-order valence-electron chi connectivity index (χ2n) is 5.22. The second-order valence-corrected chi connectivity index (χ2v) is 7.10. The Morgan fingerprint density at radius 2 is 1.91 bits per heavy atom. The monoisotopic (exact) mass is 320 g/mol. The van der Waals surface area contributed by atoms with Crippen molar-refractivity contribution in [1.82, 2.24) is 19.4 Å². The van der Waals surface area contributed by atoms with Gasteiger partial charge in [-0.05, 0) is 24.1 Å². The molecule has 7 heteroatoms. The molecular weight excluding hydrogens is 300 g/mol. The lowest BCUT2D eigenvalue weighted by Gasteiger charge is -2.26. The van der Waals surface area contributed by atoms with E-state index >= 15 is 0 Å². The van der Waals surface area contributed by atoms with Gasteiger partial charge >= 0.3 is 0 Å². The first-order chi connectivity index (χ1) is 10.6. The number of benzene rings is 1. The van der Waals surface area contributed by atoms with Crippen LogP contribution >= 0.6 is 0 Å². The second kappa shape index (κ2) is 6.20. The number of aryl methyl sites for hydroxylation is 1. The highest BCUT2D eigenvalue weighted by molar-refractivity contribution is 7.89. The van der Waals surface area contributed by atoms with Gasteiger partial charge in [0.05, 0.1) is 11.9 Å². The molecule has 0 aliphatic carbocycles. The van der Waals surface area contributed by atoms with Crippen molar-refractivity contribution >= 4 is 10.0 Å². The molecule has 2 heterocycles. The number of hydrogen-bond acceptors (Lipinski definition) is 4. The molecule has 118 valence electrons. The smallest absolute Gasteiger partial charge is 0.260 e. The molecular formula is C15H20N4O2S. The van der Waals surface area contributed by atoms with Crippen LogP contribution in [0, 0.1) is 0 Å². The number of hydrogen-bond donors (Lipinski definition) is 1. The minimum Gasteiger partial charge on any atom is -0.314 e. The van der Waals surface area contributed by atoms with Crippen LogP contribution in [0.5, 0.6) is 0 Å². The average molecular weight is 320 g/mol. The highest BCUT2D eigenvalue weighted by Crippen LogP contribution is 2.22. The maximum Gasteiger partial charge on any atom is 0.260 e. The number of sulfonamides is 1. The third kappa shape index (κ3) is 2.67. The Morgan fingerprint density at radius 1 is 1.18 bits per heavy atom. The first-order valence-corrected chi connectivity index (χ1v) is 8.92. The largest absolute Gasteiger partial charge is 0.314 e. The van der Waals surface area contributed by atoms with Crippen LogP contribution in [0.2, 0.25) is 0 Å². The molecule has 0 atom stereocenters. The van der Waals surface area contributed by atoms with Crippen LogP contribution in [0.1, 0.15) is 12.5 Å². The molecule has 0 radical (unpaired) electrons. The highest BCUT2D eigenvalue weighted by atomic mass is 32.2. The molecule has 0 saturated carbocycles. The fourth-order valence-corrected chi connectivity index (χ4v) is 4.23. The van der Waals surface area contributed by atoms with Crippen molar-refractivity contribution < 1.29 is 8.42 Å². The van der Waals surface area contributed by atoms with Crippen LogP contribution in [0.4, 0.5) is 0 Å². The Balaban J connectivity index is 2.05. The van der Waals surface area contributed by atoms with Crippen LogP contribution in [0.25, 0.3) is 5.69 Å². The summed E-state index contributed by atoms with van der Waals surface area (Å²) < 4.78 is 28.8. The van der Waals surface area contributed by atoms with Crippen molar-refractivity contribution in [3.05, 3.63) is 42.1 Å². The number of para-hydroxylation sites is 1. The minimum atomic E-state index is -3.53. The lowest BCUT2D eigenvalue weighted by atomic mass is 10.1. The van der Waals surface area contributed by atoms with Crippen molar-refractivity contribution in [1.29, 1.82) is 0 Å². The Labute approximate surface area is 130 Å². The topological polar surface area (TPSA) is 67.2 Å². The highest BCUT2D eigenvalue weighted by Gasteiger charge is 2.29. The maximum atomic E-state index is 12.9. The molecule has 0 spiro atoms. The molecule has 1 N–H and O–H groups in total. The molecule has 1 fully saturated rings. The van der Waals surface area contributed by atoms with Gasteiger partial charge in [-0.2, -0.15) is 9.40 Å². The van der Waals surface area contributed by atoms with Gasteiger partial charge in [0.1, 0.15) is 0 Å². The summed E-state index contributed by atoms with van der Waals surface area (Å²) in [5, 5.41) is 7.65. The van der Waals surface area contributed by atoms with Crippen LogP contribution in [0.3, 0.4) is 0 Å². The van der Waals surface area contributed by atoms with E-state index in [1.54, 1.807) is 12.3 Å². The predicted molar refractivity (Wildman–Crippen MR) is 84.6 cm³/mol. The molecule has 1 aromatic heterocycles. The number of rotatable bonds is 4. The number of aromatic nitrogens is 2. The zero-order valence-corrected chi connectivity index (χ0v) is 13.4. The standard InChI is InChI=1S/C15H20N4O2S/c1-2-13-5-3-4-6-14(13)19-15(7-8-17-19)22(20,21)18-11-9-16-10-12-18/h3-8,16H,2,9-12H2,1H3. The van der Waals surface area contributed by atoms with E-state index in [4.69, 9.17) is 0 Å². The first kappa shape index (κ1) is 15.2. The summed E-state index contributed by atoms with van der Waals surface area (Å²) in [7, 11) is -3.53. The summed E-state index contributed by atoms with van der Waals surface area (Å²) >= 11 is 0. The van der Waals surface area contributed by atoms with E-state index in [2.05, 4.69) is 10.4 Å². The molecule has 2 aromatic rings.